The number of fused-ring (bicyclic) bond motifs is 1. The number of hydrogen-bond donors (Lipinski definition) is 1. The van der Waals surface area contributed by atoms with Gasteiger partial charge in [0.25, 0.3) is 17.4 Å². The number of anilines is 2. The van der Waals surface area contributed by atoms with E-state index in [9.17, 15) is 22.8 Å². The van der Waals surface area contributed by atoms with Crippen molar-refractivity contribution >= 4 is 23.2 Å². The molecule has 0 aliphatic carbocycles. The van der Waals surface area contributed by atoms with Crippen LogP contribution in [0.5, 0.6) is 5.75 Å². The Bertz CT molecular complexity index is 987. The van der Waals surface area contributed by atoms with Crippen LogP contribution in [0.2, 0.25) is 0 Å². The number of hydrogen-bond acceptors (Lipinski definition) is 4. The normalized spacial score (nSPS) is 21.5. The Balaban J connectivity index is 1.49. The second kappa shape index (κ2) is 7.23. The third-order valence-corrected chi connectivity index (χ3v) is 5.41. The molecule has 2 amide bonds. The summed E-state index contributed by atoms with van der Waals surface area (Å²) in [5.41, 5.74) is -1.87. The molecule has 1 unspecified atom stereocenters. The second-order valence-electron chi connectivity index (χ2n) is 7.38. The van der Waals surface area contributed by atoms with Crippen LogP contribution in [0.25, 0.3) is 0 Å². The zero-order valence-electron chi connectivity index (χ0n) is 16.2. The number of rotatable bonds is 2. The van der Waals surface area contributed by atoms with Gasteiger partial charge in [0.05, 0.1) is 11.3 Å². The number of carbonyl (C=O) groups is 2. The Morgan fingerprint density at radius 2 is 1.67 bits per heavy atom. The number of piperazine rings is 1. The molecule has 1 atom stereocenters. The molecule has 2 aliphatic rings. The molecule has 1 fully saturated rings. The second-order valence-corrected chi connectivity index (χ2v) is 7.38. The van der Waals surface area contributed by atoms with Gasteiger partial charge in [0.1, 0.15) is 5.75 Å². The molecule has 6 nitrogen and oxygen atoms in total. The van der Waals surface area contributed by atoms with Crippen molar-refractivity contribution < 1.29 is 27.5 Å². The minimum Gasteiger partial charge on any atom is -0.466 e. The number of carbonyl (C=O) groups excluding carboxylic acids is 2. The number of nitrogens with one attached hydrogen (secondary N) is 1. The highest BCUT2D eigenvalue weighted by atomic mass is 19.4. The molecule has 2 aliphatic heterocycles. The number of alkyl halides is 3. The molecule has 9 heteroatoms. The molecular formula is C21H20F3N3O3. The standard InChI is InChI=1S/C21H20F3N3O3/c1-20(18(28)25-15-7-3-5-9-17(15)30-20)19(29)27-12-10-26(11-13-27)16-8-4-2-6-14(16)21(22,23)24/h2-9H,10-13H2,1H3,(H,25,28). The third kappa shape index (κ3) is 3.44. The average molecular weight is 419 g/mol. The van der Waals surface area contributed by atoms with Crippen LogP contribution in [-0.2, 0) is 15.8 Å². The molecule has 158 valence electrons. The monoisotopic (exact) mass is 419 g/mol. The number of ether oxygens (including phenoxy) is 1. The van der Waals surface area contributed by atoms with Gasteiger partial charge in [-0.05, 0) is 31.2 Å². The maximum atomic E-state index is 13.3. The zero-order valence-corrected chi connectivity index (χ0v) is 16.2. The van der Waals surface area contributed by atoms with Crippen LogP contribution in [-0.4, -0.2) is 48.5 Å². The van der Waals surface area contributed by atoms with E-state index in [0.29, 0.717) is 11.4 Å². The fourth-order valence-electron chi connectivity index (χ4n) is 3.75. The molecule has 30 heavy (non-hydrogen) atoms. The van der Waals surface area contributed by atoms with Gasteiger partial charge in [0, 0.05) is 31.9 Å². The summed E-state index contributed by atoms with van der Waals surface area (Å²) >= 11 is 0. The summed E-state index contributed by atoms with van der Waals surface area (Å²) in [6.07, 6.45) is -4.46. The number of benzene rings is 2. The summed E-state index contributed by atoms with van der Waals surface area (Å²) in [5.74, 6) is -0.694. The van der Waals surface area contributed by atoms with Crippen LogP contribution in [0.15, 0.2) is 48.5 Å². The highest BCUT2D eigenvalue weighted by molar-refractivity contribution is 6.15. The van der Waals surface area contributed by atoms with Crippen molar-refractivity contribution in [3.05, 3.63) is 54.1 Å². The first-order valence-corrected chi connectivity index (χ1v) is 9.50. The van der Waals surface area contributed by atoms with E-state index < -0.39 is 29.2 Å². The Morgan fingerprint density at radius 1 is 1.03 bits per heavy atom. The van der Waals surface area contributed by atoms with Gasteiger partial charge in [0.15, 0.2) is 0 Å². The van der Waals surface area contributed by atoms with Gasteiger partial charge in [0.2, 0.25) is 0 Å². The fraction of sp³-hybridized carbons (Fsp3) is 0.333. The van der Waals surface area contributed by atoms with E-state index in [0.717, 1.165) is 6.07 Å². The molecule has 2 aromatic rings. The van der Waals surface area contributed by atoms with E-state index in [1.165, 1.54) is 24.0 Å². The van der Waals surface area contributed by atoms with Crippen LogP contribution >= 0.6 is 0 Å². The largest absolute Gasteiger partial charge is 0.466 e. The van der Waals surface area contributed by atoms with Gasteiger partial charge in [-0.25, -0.2) is 0 Å². The van der Waals surface area contributed by atoms with Crippen LogP contribution in [0, 0.1) is 0 Å². The van der Waals surface area contributed by atoms with Crippen LogP contribution in [0.4, 0.5) is 24.5 Å². The summed E-state index contributed by atoms with van der Waals surface area (Å²) in [7, 11) is 0. The molecule has 0 saturated carbocycles. The lowest BCUT2D eigenvalue weighted by molar-refractivity contribution is -0.154. The summed E-state index contributed by atoms with van der Waals surface area (Å²) in [6, 6.07) is 12.2. The van der Waals surface area contributed by atoms with Gasteiger partial charge in [-0.2, -0.15) is 13.2 Å². The minimum atomic E-state index is -4.46. The Labute approximate surface area is 171 Å². The van der Waals surface area contributed by atoms with Crippen molar-refractivity contribution in [1.82, 2.24) is 4.90 Å². The van der Waals surface area contributed by atoms with Crippen LogP contribution in [0.3, 0.4) is 0 Å². The number of halogens is 3. The maximum absolute atomic E-state index is 13.3. The van der Waals surface area contributed by atoms with E-state index in [1.54, 1.807) is 35.2 Å². The average Bonchev–Trinajstić information content (AvgIpc) is 2.73. The fourth-order valence-corrected chi connectivity index (χ4v) is 3.75. The van der Waals surface area contributed by atoms with E-state index in [4.69, 9.17) is 4.74 Å². The molecule has 4 rings (SSSR count). The Kier molecular flexibility index (Phi) is 4.83. The smallest absolute Gasteiger partial charge is 0.418 e. The quantitative estimate of drug-likeness (QED) is 0.760. The van der Waals surface area contributed by atoms with Gasteiger partial charge in [-0.15, -0.1) is 0 Å². The maximum Gasteiger partial charge on any atom is 0.418 e. The summed E-state index contributed by atoms with van der Waals surface area (Å²) in [5, 5.41) is 2.68. The van der Waals surface area contributed by atoms with E-state index in [-0.39, 0.29) is 31.9 Å². The number of nitrogens with zero attached hydrogens (tertiary/aromatic N) is 2. The molecule has 0 radical (unpaired) electrons. The van der Waals surface area contributed by atoms with Gasteiger partial charge in [-0.3, -0.25) is 9.59 Å². The highest BCUT2D eigenvalue weighted by Crippen LogP contribution is 2.37. The van der Waals surface area contributed by atoms with Crippen molar-refractivity contribution in [1.29, 1.82) is 0 Å². The molecule has 2 heterocycles. The highest BCUT2D eigenvalue weighted by Gasteiger charge is 2.49. The third-order valence-electron chi connectivity index (χ3n) is 5.41. The molecule has 0 bridgehead atoms. The van der Waals surface area contributed by atoms with Crippen molar-refractivity contribution in [2.45, 2.75) is 18.7 Å². The number of amides is 2. The van der Waals surface area contributed by atoms with E-state index in [1.807, 2.05) is 0 Å². The molecule has 0 spiro atoms. The molecule has 1 saturated heterocycles. The molecular weight excluding hydrogens is 399 g/mol. The van der Waals surface area contributed by atoms with E-state index in [2.05, 4.69) is 5.32 Å². The lowest BCUT2D eigenvalue weighted by Crippen LogP contribution is -2.62. The van der Waals surface area contributed by atoms with Gasteiger partial charge < -0.3 is 19.9 Å². The lowest BCUT2D eigenvalue weighted by atomic mass is 10.00. The first kappa shape index (κ1) is 20.1. The van der Waals surface area contributed by atoms with Gasteiger partial charge >= 0.3 is 6.18 Å². The predicted molar refractivity (Wildman–Crippen MR) is 104 cm³/mol. The summed E-state index contributed by atoms with van der Waals surface area (Å²) in [4.78, 5) is 28.8. The summed E-state index contributed by atoms with van der Waals surface area (Å²) in [6.45, 7) is 2.20. The summed E-state index contributed by atoms with van der Waals surface area (Å²) < 4.78 is 45.7. The number of para-hydroxylation sites is 3. The predicted octanol–water partition coefficient (Wildman–Crippen LogP) is 3.14. The minimum absolute atomic E-state index is 0.0869. The lowest BCUT2D eigenvalue weighted by Gasteiger charge is -2.41. The van der Waals surface area contributed by atoms with Crippen molar-refractivity contribution in [2.75, 3.05) is 36.4 Å². The Morgan fingerprint density at radius 3 is 2.37 bits per heavy atom. The first-order chi connectivity index (χ1) is 14.2. The van der Waals surface area contributed by atoms with Crippen molar-refractivity contribution in [2.24, 2.45) is 0 Å². The molecule has 1 N–H and O–H groups in total. The van der Waals surface area contributed by atoms with E-state index >= 15 is 0 Å². The topological polar surface area (TPSA) is 61.9 Å². The zero-order chi connectivity index (χ0) is 21.5. The van der Waals surface area contributed by atoms with Crippen molar-refractivity contribution in [3.8, 4) is 5.75 Å². The molecule has 2 aromatic carbocycles. The SMILES string of the molecule is CC1(C(=O)N2CCN(c3ccccc3C(F)(F)F)CC2)Oc2ccccc2NC1=O. The Hall–Kier alpha value is -3.23. The first-order valence-electron chi connectivity index (χ1n) is 9.50. The van der Waals surface area contributed by atoms with Crippen LogP contribution < -0.4 is 15.0 Å². The molecule has 0 aromatic heterocycles. The van der Waals surface area contributed by atoms with Crippen molar-refractivity contribution in [3.63, 3.8) is 0 Å². The van der Waals surface area contributed by atoms with Gasteiger partial charge in [-0.1, -0.05) is 24.3 Å². The van der Waals surface area contributed by atoms with Crippen LogP contribution in [0.1, 0.15) is 12.5 Å².